The zero-order chi connectivity index (χ0) is 16.3. The third-order valence-electron chi connectivity index (χ3n) is 3.11. The van der Waals surface area contributed by atoms with Crippen molar-refractivity contribution in [3.63, 3.8) is 0 Å². The molecule has 116 valence electrons. The third kappa shape index (κ3) is 3.55. The molecule has 22 heavy (non-hydrogen) atoms. The van der Waals surface area contributed by atoms with Gasteiger partial charge in [-0.2, -0.15) is 0 Å². The summed E-state index contributed by atoms with van der Waals surface area (Å²) < 4.78 is 0. The van der Waals surface area contributed by atoms with E-state index in [1.165, 1.54) is 0 Å². The molecule has 7 heteroatoms. The second-order valence-corrected chi connectivity index (χ2v) is 5.33. The van der Waals surface area contributed by atoms with Gasteiger partial charge in [0, 0.05) is 18.8 Å². The van der Waals surface area contributed by atoms with Gasteiger partial charge in [-0.15, -0.1) is 10.2 Å². The van der Waals surface area contributed by atoms with Crippen molar-refractivity contribution in [3.8, 4) is 0 Å². The zero-order valence-corrected chi connectivity index (χ0v) is 13.4. The summed E-state index contributed by atoms with van der Waals surface area (Å²) in [6.07, 6.45) is 0. The first kappa shape index (κ1) is 15.8. The Bertz CT molecular complexity index is 678. The minimum absolute atomic E-state index is 0.150. The van der Waals surface area contributed by atoms with Crippen molar-refractivity contribution in [1.29, 1.82) is 0 Å². The lowest BCUT2D eigenvalue weighted by atomic mass is 10.0. The lowest BCUT2D eigenvalue weighted by Gasteiger charge is -2.12. The summed E-state index contributed by atoms with van der Waals surface area (Å²) >= 11 is 0. The van der Waals surface area contributed by atoms with Gasteiger partial charge in [0.05, 0.1) is 0 Å². The number of rotatable bonds is 4. The fourth-order valence-corrected chi connectivity index (χ4v) is 2.11. The quantitative estimate of drug-likeness (QED) is 0.898. The van der Waals surface area contributed by atoms with Gasteiger partial charge in [-0.3, -0.25) is 4.79 Å². The molecule has 0 radical (unpaired) electrons. The minimum Gasteiger partial charge on any atom is -0.354 e. The number of carbonyl (C=O) groups is 1. The van der Waals surface area contributed by atoms with Crippen LogP contribution in [0.4, 0.5) is 11.6 Å². The molecule has 0 saturated heterocycles. The molecule has 0 saturated carbocycles. The highest BCUT2D eigenvalue weighted by Crippen LogP contribution is 2.22. The normalized spacial score (nSPS) is 10.6. The molecule has 2 aromatic rings. The standard InChI is InChI=1S/C15H20N6O/c1-8(2)11-7-13(20-21-14(11)15(22)16-5)19-12-6-9(3)17-10(4)18-12/h6-8H,1-5H3,(H,16,22)(H,17,18,19,20). The van der Waals surface area contributed by atoms with E-state index in [2.05, 4.69) is 30.8 Å². The fourth-order valence-electron chi connectivity index (χ4n) is 2.11. The van der Waals surface area contributed by atoms with Gasteiger partial charge in [-0.25, -0.2) is 9.97 Å². The largest absolute Gasteiger partial charge is 0.354 e. The Kier molecular flexibility index (Phi) is 4.65. The van der Waals surface area contributed by atoms with Crippen molar-refractivity contribution in [2.75, 3.05) is 12.4 Å². The van der Waals surface area contributed by atoms with Crippen LogP contribution >= 0.6 is 0 Å². The summed E-state index contributed by atoms with van der Waals surface area (Å²) in [6.45, 7) is 7.75. The van der Waals surface area contributed by atoms with E-state index in [1.54, 1.807) is 7.05 Å². The van der Waals surface area contributed by atoms with Gasteiger partial charge >= 0.3 is 0 Å². The van der Waals surface area contributed by atoms with E-state index in [0.717, 1.165) is 11.3 Å². The van der Waals surface area contributed by atoms with Crippen molar-refractivity contribution in [1.82, 2.24) is 25.5 Å². The lowest BCUT2D eigenvalue weighted by molar-refractivity contribution is 0.0955. The SMILES string of the molecule is CNC(=O)c1nnc(Nc2cc(C)nc(C)n2)cc1C(C)C. The lowest BCUT2D eigenvalue weighted by Crippen LogP contribution is -2.22. The molecule has 0 aliphatic rings. The number of nitrogens with zero attached hydrogens (tertiary/aromatic N) is 4. The maximum Gasteiger partial charge on any atom is 0.271 e. The van der Waals surface area contributed by atoms with Crippen molar-refractivity contribution in [2.24, 2.45) is 0 Å². The Labute approximate surface area is 129 Å². The summed E-state index contributed by atoms with van der Waals surface area (Å²) in [5, 5.41) is 13.8. The van der Waals surface area contributed by atoms with Crippen LogP contribution in [0.1, 0.15) is 47.3 Å². The van der Waals surface area contributed by atoms with Crippen LogP contribution in [0, 0.1) is 13.8 Å². The van der Waals surface area contributed by atoms with Crippen LogP contribution in [0.15, 0.2) is 12.1 Å². The average molecular weight is 300 g/mol. The van der Waals surface area contributed by atoms with Crippen LogP contribution in [-0.4, -0.2) is 33.1 Å². The number of amides is 1. The summed E-state index contributed by atoms with van der Waals surface area (Å²) in [5.74, 6) is 1.80. The van der Waals surface area contributed by atoms with E-state index in [9.17, 15) is 4.79 Å². The number of hydrogen-bond acceptors (Lipinski definition) is 6. The van der Waals surface area contributed by atoms with E-state index in [1.807, 2.05) is 39.8 Å². The molecule has 2 rings (SSSR count). The highest BCUT2D eigenvalue weighted by Gasteiger charge is 2.16. The number of aromatic nitrogens is 4. The Balaban J connectivity index is 2.36. The number of aryl methyl sites for hydroxylation is 2. The van der Waals surface area contributed by atoms with E-state index in [4.69, 9.17) is 0 Å². The van der Waals surface area contributed by atoms with Crippen molar-refractivity contribution in [3.05, 3.63) is 34.9 Å². The van der Waals surface area contributed by atoms with Crippen molar-refractivity contribution < 1.29 is 4.79 Å². The monoisotopic (exact) mass is 300 g/mol. The van der Waals surface area contributed by atoms with Gasteiger partial charge in [-0.05, 0) is 31.4 Å². The number of anilines is 2. The first-order valence-electron chi connectivity index (χ1n) is 7.09. The third-order valence-corrected chi connectivity index (χ3v) is 3.11. The second kappa shape index (κ2) is 6.46. The van der Waals surface area contributed by atoms with Gasteiger partial charge in [0.1, 0.15) is 11.6 Å². The first-order chi connectivity index (χ1) is 10.4. The molecule has 0 aliphatic heterocycles. The van der Waals surface area contributed by atoms with E-state index in [0.29, 0.717) is 23.2 Å². The summed E-state index contributed by atoms with van der Waals surface area (Å²) in [7, 11) is 1.58. The van der Waals surface area contributed by atoms with Gasteiger partial charge in [-0.1, -0.05) is 13.8 Å². The molecule has 0 aliphatic carbocycles. The molecule has 0 bridgehead atoms. The smallest absolute Gasteiger partial charge is 0.271 e. The van der Waals surface area contributed by atoms with Crippen LogP contribution in [0.5, 0.6) is 0 Å². The number of carbonyl (C=O) groups excluding carboxylic acids is 1. The molecule has 0 atom stereocenters. The molecule has 2 aromatic heterocycles. The minimum atomic E-state index is -0.239. The predicted molar refractivity (Wildman–Crippen MR) is 84.3 cm³/mol. The topological polar surface area (TPSA) is 92.7 Å². The molecule has 0 fully saturated rings. The zero-order valence-electron chi connectivity index (χ0n) is 13.4. The second-order valence-electron chi connectivity index (χ2n) is 5.33. The van der Waals surface area contributed by atoms with Crippen molar-refractivity contribution in [2.45, 2.75) is 33.6 Å². The van der Waals surface area contributed by atoms with Gasteiger partial charge in [0.2, 0.25) is 0 Å². The molecule has 2 heterocycles. The van der Waals surface area contributed by atoms with Crippen LogP contribution in [0.2, 0.25) is 0 Å². The molecule has 7 nitrogen and oxygen atoms in total. The van der Waals surface area contributed by atoms with Crippen LogP contribution in [0.25, 0.3) is 0 Å². The van der Waals surface area contributed by atoms with E-state index < -0.39 is 0 Å². The van der Waals surface area contributed by atoms with Gasteiger partial charge in [0.25, 0.3) is 5.91 Å². The summed E-state index contributed by atoms with van der Waals surface area (Å²) in [4.78, 5) is 20.4. The van der Waals surface area contributed by atoms with Crippen LogP contribution < -0.4 is 10.6 Å². The highest BCUT2D eigenvalue weighted by atomic mass is 16.1. The molecule has 1 amide bonds. The Morgan fingerprint density at radius 2 is 1.82 bits per heavy atom. The number of nitrogens with one attached hydrogen (secondary N) is 2. The van der Waals surface area contributed by atoms with Crippen LogP contribution in [-0.2, 0) is 0 Å². The molecular weight excluding hydrogens is 280 g/mol. The first-order valence-corrected chi connectivity index (χ1v) is 7.09. The molecular formula is C15H20N6O. The Hall–Kier alpha value is -2.57. The molecule has 2 N–H and O–H groups in total. The Morgan fingerprint density at radius 3 is 2.41 bits per heavy atom. The molecule has 0 aromatic carbocycles. The molecule has 0 spiro atoms. The van der Waals surface area contributed by atoms with Gasteiger partial charge < -0.3 is 10.6 Å². The molecule has 0 unspecified atom stereocenters. The van der Waals surface area contributed by atoms with E-state index in [-0.39, 0.29) is 11.8 Å². The fraction of sp³-hybridized carbons (Fsp3) is 0.400. The van der Waals surface area contributed by atoms with Crippen molar-refractivity contribution >= 4 is 17.5 Å². The highest BCUT2D eigenvalue weighted by molar-refractivity contribution is 5.93. The summed E-state index contributed by atoms with van der Waals surface area (Å²) in [6, 6.07) is 3.66. The van der Waals surface area contributed by atoms with E-state index >= 15 is 0 Å². The number of hydrogen-bond donors (Lipinski definition) is 2. The van der Waals surface area contributed by atoms with Gasteiger partial charge in [0.15, 0.2) is 11.5 Å². The predicted octanol–water partition coefficient (Wildman–Crippen LogP) is 2.11. The van der Waals surface area contributed by atoms with Crippen LogP contribution in [0.3, 0.4) is 0 Å². The summed E-state index contributed by atoms with van der Waals surface area (Å²) in [5.41, 5.74) is 2.05. The maximum atomic E-state index is 11.8. The average Bonchev–Trinajstić information content (AvgIpc) is 2.45. The Morgan fingerprint density at radius 1 is 1.09 bits per heavy atom. The maximum absolute atomic E-state index is 11.8.